The number of benzene rings is 1. The van der Waals surface area contributed by atoms with Crippen LogP contribution < -0.4 is 4.74 Å². The normalized spacial score (nSPS) is 10.8. The first-order valence-electron chi connectivity index (χ1n) is 5.96. The van der Waals surface area contributed by atoms with Crippen LogP contribution >= 0.6 is 0 Å². The van der Waals surface area contributed by atoms with Crippen molar-refractivity contribution in [1.82, 2.24) is 0 Å². The van der Waals surface area contributed by atoms with Crippen molar-refractivity contribution in [3.63, 3.8) is 0 Å². The van der Waals surface area contributed by atoms with Gasteiger partial charge in [-0.05, 0) is 25.0 Å². The van der Waals surface area contributed by atoms with Crippen LogP contribution in [0.1, 0.15) is 26.7 Å². The molecule has 1 aromatic carbocycles. The molecule has 4 nitrogen and oxygen atoms in total. The topological polar surface area (TPSA) is 52.6 Å². The molecular weight excluding hydrogens is 232 g/mol. The Morgan fingerprint density at radius 3 is 2.06 bits per heavy atom. The Morgan fingerprint density at radius 1 is 1.06 bits per heavy atom. The second-order valence-corrected chi connectivity index (χ2v) is 3.98. The van der Waals surface area contributed by atoms with Crippen molar-refractivity contribution in [2.45, 2.75) is 26.7 Å². The largest absolute Gasteiger partial charge is 0.468 e. The summed E-state index contributed by atoms with van der Waals surface area (Å²) in [6.07, 6.45) is 0.698. The minimum Gasteiger partial charge on any atom is -0.468 e. The average Bonchev–Trinajstić information content (AvgIpc) is 2.41. The van der Waals surface area contributed by atoms with Crippen LogP contribution in [0.4, 0.5) is 0 Å². The van der Waals surface area contributed by atoms with Gasteiger partial charge in [0.1, 0.15) is 5.75 Å². The van der Waals surface area contributed by atoms with Gasteiger partial charge in [-0.15, -0.1) is 0 Å². The summed E-state index contributed by atoms with van der Waals surface area (Å²) in [5.74, 6) is -0.684. The Bertz CT molecular complexity index is 407. The number of methoxy groups -OCH3 is 1. The van der Waals surface area contributed by atoms with E-state index in [1.165, 1.54) is 7.11 Å². The van der Waals surface area contributed by atoms with Gasteiger partial charge in [-0.2, -0.15) is 0 Å². The highest BCUT2D eigenvalue weighted by molar-refractivity contribution is 6.00. The van der Waals surface area contributed by atoms with Gasteiger partial charge in [-0.25, -0.2) is 0 Å². The van der Waals surface area contributed by atoms with Crippen LogP contribution in [0.25, 0.3) is 0 Å². The molecule has 18 heavy (non-hydrogen) atoms. The van der Waals surface area contributed by atoms with Crippen molar-refractivity contribution < 1.29 is 19.1 Å². The monoisotopic (exact) mass is 250 g/mol. The highest BCUT2D eigenvalue weighted by Crippen LogP contribution is 2.30. The van der Waals surface area contributed by atoms with Gasteiger partial charge in [0.05, 0.1) is 7.11 Å². The molecule has 0 saturated carbocycles. The number of carbonyl (C=O) groups is 2. The number of hydrogen-bond donors (Lipinski definition) is 0. The highest BCUT2D eigenvalue weighted by atomic mass is 16.6. The molecule has 0 N–H and O–H groups in total. The van der Waals surface area contributed by atoms with Crippen molar-refractivity contribution in [3.8, 4) is 5.75 Å². The van der Waals surface area contributed by atoms with Gasteiger partial charge in [0.2, 0.25) is 0 Å². The van der Waals surface area contributed by atoms with Crippen LogP contribution in [0.5, 0.6) is 5.75 Å². The molecule has 0 amide bonds. The first kappa shape index (κ1) is 14.2. The lowest BCUT2D eigenvalue weighted by Gasteiger charge is -2.25. The summed E-state index contributed by atoms with van der Waals surface area (Å²) < 4.78 is 9.96. The summed E-state index contributed by atoms with van der Waals surface area (Å²) in [6.45, 7) is 3.54. The standard InChI is InChI=1S/C14H18O4/c1-4-14(5-2,12(15)17-3)13(16)18-11-9-7-6-8-10-11/h6-10H,4-5H2,1-3H3. The summed E-state index contributed by atoms with van der Waals surface area (Å²) in [5, 5.41) is 0. The maximum Gasteiger partial charge on any atom is 0.328 e. The van der Waals surface area contributed by atoms with Gasteiger partial charge < -0.3 is 9.47 Å². The molecule has 1 aromatic rings. The zero-order valence-corrected chi connectivity index (χ0v) is 10.9. The Kier molecular flexibility index (Phi) is 4.89. The van der Waals surface area contributed by atoms with Crippen molar-refractivity contribution in [2.24, 2.45) is 5.41 Å². The van der Waals surface area contributed by atoms with Crippen LogP contribution in [0, 0.1) is 5.41 Å². The molecular formula is C14H18O4. The molecule has 0 atom stereocenters. The van der Waals surface area contributed by atoms with Crippen molar-refractivity contribution in [2.75, 3.05) is 7.11 Å². The number of hydrogen-bond acceptors (Lipinski definition) is 4. The number of esters is 2. The summed E-state index contributed by atoms with van der Waals surface area (Å²) in [5.41, 5.74) is -1.22. The van der Waals surface area contributed by atoms with Crippen LogP contribution in [0.2, 0.25) is 0 Å². The lowest BCUT2D eigenvalue weighted by Crippen LogP contribution is -2.42. The molecule has 0 aliphatic rings. The number of carbonyl (C=O) groups excluding carboxylic acids is 2. The zero-order valence-electron chi connectivity index (χ0n) is 10.9. The molecule has 0 radical (unpaired) electrons. The Labute approximate surface area is 107 Å². The maximum absolute atomic E-state index is 12.2. The van der Waals surface area contributed by atoms with E-state index in [0.29, 0.717) is 18.6 Å². The fraction of sp³-hybridized carbons (Fsp3) is 0.429. The Morgan fingerprint density at radius 2 is 1.61 bits per heavy atom. The maximum atomic E-state index is 12.2. The average molecular weight is 250 g/mol. The smallest absolute Gasteiger partial charge is 0.328 e. The molecule has 0 saturated heterocycles. The predicted octanol–water partition coefficient (Wildman–Crippen LogP) is 2.57. The molecule has 98 valence electrons. The number of ether oxygens (including phenoxy) is 2. The summed E-state index contributed by atoms with van der Waals surface area (Å²) in [7, 11) is 1.28. The molecule has 0 fully saturated rings. The third-order valence-electron chi connectivity index (χ3n) is 3.13. The molecule has 0 spiro atoms. The molecule has 0 heterocycles. The minimum absolute atomic E-state index is 0.349. The van der Waals surface area contributed by atoms with Gasteiger partial charge in [-0.1, -0.05) is 32.0 Å². The second-order valence-electron chi connectivity index (χ2n) is 3.98. The third-order valence-corrected chi connectivity index (χ3v) is 3.13. The van der Waals surface area contributed by atoms with E-state index in [9.17, 15) is 9.59 Å². The quantitative estimate of drug-likeness (QED) is 0.458. The molecule has 0 aliphatic heterocycles. The van der Waals surface area contributed by atoms with E-state index in [-0.39, 0.29) is 0 Å². The first-order valence-corrected chi connectivity index (χ1v) is 5.96. The first-order chi connectivity index (χ1) is 8.60. The Hall–Kier alpha value is -1.84. The van der Waals surface area contributed by atoms with Crippen LogP contribution in [0.3, 0.4) is 0 Å². The zero-order chi connectivity index (χ0) is 13.6. The molecule has 0 aliphatic carbocycles. The molecule has 0 aromatic heterocycles. The molecule has 1 rings (SSSR count). The van der Waals surface area contributed by atoms with E-state index in [1.807, 2.05) is 6.07 Å². The number of para-hydroxylation sites is 1. The van der Waals surface area contributed by atoms with Gasteiger partial charge >= 0.3 is 11.9 Å². The van der Waals surface area contributed by atoms with Gasteiger partial charge in [-0.3, -0.25) is 9.59 Å². The highest BCUT2D eigenvalue weighted by Gasteiger charge is 2.45. The van der Waals surface area contributed by atoms with E-state index in [4.69, 9.17) is 9.47 Å². The van der Waals surface area contributed by atoms with E-state index in [0.717, 1.165) is 0 Å². The van der Waals surface area contributed by atoms with E-state index in [1.54, 1.807) is 38.1 Å². The SMILES string of the molecule is CCC(CC)(C(=O)OC)C(=O)Oc1ccccc1. The number of rotatable bonds is 5. The lowest BCUT2D eigenvalue weighted by atomic mass is 9.82. The van der Waals surface area contributed by atoms with Crippen LogP contribution in [-0.2, 0) is 14.3 Å². The fourth-order valence-corrected chi connectivity index (χ4v) is 1.80. The summed E-state index contributed by atoms with van der Waals surface area (Å²) in [6, 6.07) is 8.70. The van der Waals surface area contributed by atoms with E-state index in [2.05, 4.69) is 0 Å². The van der Waals surface area contributed by atoms with Crippen molar-refractivity contribution in [3.05, 3.63) is 30.3 Å². The predicted molar refractivity (Wildman–Crippen MR) is 67.1 cm³/mol. The molecule has 0 bridgehead atoms. The third kappa shape index (κ3) is 2.70. The van der Waals surface area contributed by atoms with E-state index < -0.39 is 17.4 Å². The Balaban J connectivity index is 2.94. The summed E-state index contributed by atoms with van der Waals surface area (Å²) >= 11 is 0. The van der Waals surface area contributed by atoms with Gasteiger partial charge in [0.25, 0.3) is 0 Å². The van der Waals surface area contributed by atoms with Crippen molar-refractivity contribution in [1.29, 1.82) is 0 Å². The van der Waals surface area contributed by atoms with Gasteiger partial charge in [0, 0.05) is 0 Å². The molecule has 4 heteroatoms. The van der Waals surface area contributed by atoms with Crippen LogP contribution in [0.15, 0.2) is 30.3 Å². The fourth-order valence-electron chi connectivity index (χ4n) is 1.80. The summed E-state index contributed by atoms with van der Waals surface area (Å²) in [4.78, 5) is 24.0. The van der Waals surface area contributed by atoms with Gasteiger partial charge in [0.15, 0.2) is 5.41 Å². The lowest BCUT2D eigenvalue weighted by molar-refractivity contribution is -0.166. The van der Waals surface area contributed by atoms with Crippen LogP contribution in [-0.4, -0.2) is 19.0 Å². The van der Waals surface area contributed by atoms with E-state index >= 15 is 0 Å². The van der Waals surface area contributed by atoms with Crippen molar-refractivity contribution >= 4 is 11.9 Å². The molecule has 0 unspecified atom stereocenters. The minimum atomic E-state index is -1.22. The second kappa shape index (κ2) is 6.19.